The van der Waals surface area contributed by atoms with E-state index in [0.717, 1.165) is 51.6 Å². The van der Waals surface area contributed by atoms with Crippen LogP contribution in [-0.2, 0) is 6.42 Å². The number of nitrogens with two attached hydrogens (primary N) is 2. The molecule has 150 valence electrons. The van der Waals surface area contributed by atoms with E-state index in [9.17, 15) is 0 Å². The zero-order valence-electron chi connectivity index (χ0n) is 16.2. The van der Waals surface area contributed by atoms with E-state index >= 15 is 0 Å². The van der Waals surface area contributed by atoms with Gasteiger partial charge in [-0.2, -0.15) is 11.3 Å². The Hall–Kier alpha value is -2.93. The number of fused-ring (bicyclic) bond motifs is 3. The fraction of sp³-hybridized carbons (Fsp3) is 0.130. The fourth-order valence-electron chi connectivity index (χ4n) is 3.81. The lowest BCUT2D eigenvalue weighted by Gasteiger charge is -2.11. The third-order valence-electron chi connectivity index (χ3n) is 5.29. The zero-order chi connectivity index (χ0) is 20.7. The van der Waals surface area contributed by atoms with Gasteiger partial charge in [-0.05, 0) is 71.6 Å². The number of hydrogen-bond donors (Lipinski definition) is 2. The van der Waals surface area contributed by atoms with E-state index in [1.54, 1.807) is 17.5 Å². The molecule has 0 saturated carbocycles. The highest BCUT2D eigenvalue weighted by atomic mass is 35.5. The van der Waals surface area contributed by atoms with Crippen LogP contribution in [0.3, 0.4) is 0 Å². The first-order chi connectivity index (χ1) is 14.7. The molecule has 0 fully saturated rings. The monoisotopic (exact) mass is 433 g/mol. The van der Waals surface area contributed by atoms with Gasteiger partial charge in [0.15, 0.2) is 0 Å². The Morgan fingerprint density at radius 3 is 2.63 bits per heavy atom. The Morgan fingerprint density at radius 1 is 1.07 bits per heavy atom. The van der Waals surface area contributed by atoms with Crippen molar-refractivity contribution in [2.75, 3.05) is 12.3 Å². The molecule has 0 atom stereocenters. The molecule has 0 aliphatic heterocycles. The van der Waals surface area contributed by atoms with Gasteiger partial charge >= 0.3 is 0 Å². The summed E-state index contributed by atoms with van der Waals surface area (Å²) < 4.78 is 1.98. The number of halogens is 1. The first kappa shape index (κ1) is 19.1. The SMILES string of the molecule is NCCCc1ccc(-n2c(N)nc3cnc4cc(Cl)c(-c5ccsc5)cc4c32)cc1. The van der Waals surface area contributed by atoms with E-state index in [1.807, 2.05) is 16.0 Å². The maximum absolute atomic E-state index is 6.58. The van der Waals surface area contributed by atoms with E-state index in [0.29, 0.717) is 17.5 Å². The number of thiophene rings is 1. The van der Waals surface area contributed by atoms with Gasteiger partial charge in [0.25, 0.3) is 0 Å². The van der Waals surface area contributed by atoms with Gasteiger partial charge in [-0.15, -0.1) is 0 Å². The molecular weight excluding hydrogens is 414 g/mol. The highest BCUT2D eigenvalue weighted by Gasteiger charge is 2.16. The molecule has 7 heteroatoms. The molecule has 5 rings (SSSR count). The average molecular weight is 434 g/mol. The smallest absolute Gasteiger partial charge is 0.206 e. The minimum absolute atomic E-state index is 0.432. The molecule has 0 saturated heterocycles. The summed E-state index contributed by atoms with van der Waals surface area (Å²) in [5.41, 5.74) is 18.8. The van der Waals surface area contributed by atoms with Crippen molar-refractivity contribution >= 4 is 50.8 Å². The molecule has 4 N–H and O–H groups in total. The normalized spacial score (nSPS) is 11.5. The van der Waals surface area contributed by atoms with E-state index in [-0.39, 0.29) is 0 Å². The lowest BCUT2D eigenvalue weighted by molar-refractivity contribution is 0.832. The molecule has 0 aliphatic carbocycles. The van der Waals surface area contributed by atoms with Crippen LogP contribution in [0.15, 0.2) is 59.4 Å². The van der Waals surface area contributed by atoms with Crippen molar-refractivity contribution in [2.24, 2.45) is 5.73 Å². The quantitative estimate of drug-likeness (QED) is 0.387. The molecule has 2 aromatic carbocycles. The van der Waals surface area contributed by atoms with Crippen LogP contribution in [0.25, 0.3) is 38.8 Å². The van der Waals surface area contributed by atoms with Gasteiger partial charge in [-0.1, -0.05) is 23.7 Å². The molecule has 3 heterocycles. The number of imidazole rings is 1. The Balaban J connectivity index is 1.73. The van der Waals surface area contributed by atoms with E-state index in [2.05, 4.69) is 51.7 Å². The molecule has 3 aromatic heterocycles. The second kappa shape index (κ2) is 7.72. The topological polar surface area (TPSA) is 82.8 Å². The van der Waals surface area contributed by atoms with Crippen LogP contribution in [0.5, 0.6) is 0 Å². The largest absolute Gasteiger partial charge is 0.369 e. The van der Waals surface area contributed by atoms with Crippen molar-refractivity contribution in [1.29, 1.82) is 0 Å². The summed E-state index contributed by atoms with van der Waals surface area (Å²) >= 11 is 8.22. The van der Waals surface area contributed by atoms with Gasteiger partial charge in [-0.25, -0.2) is 4.98 Å². The Bertz CT molecular complexity index is 1340. The number of nitrogens with zero attached hydrogens (tertiary/aromatic N) is 3. The number of hydrogen-bond acceptors (Lipinski definition) is 5. The summed E-state index contributed by atoms with van der Waals surface area (Å²) in [6.07, 6.45) is 3.69. The van der Waals surface area contributed by atoms with Crippen LogP contribution in [0.4, 0.5) is 5.95 Å². The predicted octanol–water partition coefficient (Wildman–Crippen LogP) is 5.43. The third kappa shape index (κ3) is 3.23. The van der Waals surface area contributed by atoms with Crippen LogP contribution in [0, 0.1) is 0 Å². The molecule has 30 heavy (non-hydrogen) atoms. The Kier molecular flexibility index (Phi) is 4.90. The van der Waals surface area contributed by atoms with Gasteiger partial charge in [0.1, 0.15) is 5.52 Å². The third-order valence-corrected chi connectivity index (χ3v) is 6.29. The molecule has 0 radical (unpaired) electrons. The highest BCUT2D eigenvalue weighted by molar-refractivity contribution is 7.08. The van der Waals surface area contributed by atoms with Gasteiger partial charge in [0.2, 0.25) is 5.95 Å². The molecule has 0 unspecified atom stereocenters. The van der Waals surface area contributed by atoms with Crippen molar-refractivity contribution in [1.82, 2.24) is 14.5 Å². The zero-order valence-corrected chi connectivity index (χ0v) is 17.7. The minimum Gasteiger partial charge on any atom is -0.369 e. The second-order valence-electron chi connectivity index (χ2n) is 7.22. The van der Waals surface area contributed by atoms with Crippen LogP contribution in [-0.4, -0.2) is 21.1 Å². The van der Waals surface area contributed by atoms with Gasteiger partial charge in [-0.3, -0.25) is 9.55 Å². The molecule has 0 aliphatic rings. The van der Waals surface area contributed by atoms with Crippen LogP contribution < -0.4 is 11.5 Å². The van der Waals surface area contributed by atoms with E-state index in [1.165, 1.54) is 5.56 Å². The van der Waals surface area contributed by atoms with Gasteiger partial charge < -0.3 is 11.5 Å². The van der Waals surface area contributed by atoms with Crippen LogP contribution in [0.1, 0.15) is 12.0 Å². The number of rotatable bonds is 5. The predicted molar refractivity (Wildman–Crippen MR) is 126 cm³/mol. The Labute approximate surface area is 182 Å². The lowest BCUT2D eigenvalue weighted by Crippen LogP contribution is -2.02. The maximum atomic E-state index is 6.58. The summed E-state index contributed by atoms with van der Waals surface area (Å²) in [5, 5.41) is 5.78. The van der Waals surface area contributed by atoms with E-state index in [4.69, 9.17) is 23.1 Å². The summed E-state index contributed by atoms with van der Waals surface area (Å²) in [7, 11) is 0. The number of aromatic nitrogens is 3. The molecular formula is C23H20ClN5S. The second-order valence-corrected chi connectivity index (χ2v) is 8.40. The van der Waals surface area contributed by atoms with Crippen molar-refractivity contribution in [2.45, 2.75) is 12.8 Å². The number of benzene rings is 2. The van der Waals surface area contributed by atoms with Crippen molar-refractivity contribution in [3.8, 4) is 16.8 Å². The Morgan fingerprint density at radius 2 is 1.90 bits per heavy atom. The number of anilines is 1. The summed E-state index contributed by atoms with van der Waals surface area (Å²) in [6, 6.07) is 14.4. The number of pyridine rings is 1. The molecule has 5 nitrogen and oxygen atoms in total. The summed E-state index contributed by atoms with van der Waals surface area (Å²) in [4.78, 5) is 9.12. The maximum Gasteiger partial charge on any atom is 0.206 e. The van der Waals surface area contributed by atoms with Crippen molar-refractivity contribution in [3.05, 3.63) is 70.0 Å². The lowest BCUT2D eigenvalue weighted by atomic mass is 10.0. The van der Waals surface area contributed by atoms with Gasteiger partial charge in [0.05, 0.1) is 22.3 Å². The molecule has 0 amide bonds. The van der Waals surface area contributed by atoms with E-state index < -0.39 is 0 Å². The first-order valence-corrected chi connectivity index (χ1v) is 11.1. The highest BCUT2D eigenvalue weighted by Crippen LogP contribution is 2.36. The van der Waals surface area contributed by atoms with Gasteiger partial charge in [0, 0.05) is 16.6 Å². The first-order valence-electron chi connectivity index (χ1n) is 9.74. The molecule has 0 bridgehead atoms. The van der Waals surface area contributed by atoms with Crippen LogP contribution in [0.2, 0.25) is 5.02 Å². The van der Waals surface area contributed by atoms with Crippen LogP contribution >= 0.6 is 22.9 Å². The fourth-order valence-corrected chi connectivity index (χ4v) is 4.73. The summed E-state index contributed by atoms with van der Waals surface area (Å²) in [5.74, 6) is 0.432. The number of nitrogen functional groups attached to an aromatic ring is 1. The number of aryl methyl sites for hydroxylation is 1. The molecule has 0 spiro atoms. The molecule has 5 aromatic rings. The van der Waals surface area contributed by atoms with Crippen molar-refractivity contribution in [3.63, 3.8) is 0 Å². The summed E-state index contributed by atoms with van der Waals surface area (Å²) in [6.45, 7) is 0.689. The van der Waals surface area contributed by atoms with Crippen molar-refractivity contribution < 1.29 is 0 Å². The minimum atomic E-state index is 0.432. The average Bonchev–Trinajstić information content (AvgIpc) is 3.39. The standard InChI is InChI=1S/C23H20ClN5S/c24-19-11-20-18(10-17(19)15-7-9-30-13-15)22-21(12-27-20)28-23(26)29(22)16-5-3-14(4-6-16)2-1-8-25/h3-7,9-13H,1-2,8,25H2,(H2,26,28).